The maximum absolute atomic E-state index is 13.2. The SMILES string of the molecule is O=C(NCC(c1ccccc1)N1CCCC1)c1ccccc1S(=O)(=O)N1CCCCC1. The van der Waals surface area contributed by atoms with Gasteiger partial charge < -0.3 is 5.32 Å². The first-order chi connectivity index (χ1) is 15.1. The van der Waals surface area contributed by atoms with E-state index in [4.69, 9.17) is 0 Å². The van der Waals surface area contributed by atoms with Gasteiger partial charge in [-0.25, -0.2) is 8.42 Å². The zero-order valence-electron chi connectivity index (χ0n) is 17.9. The molecule has 2 aromatic rings. The van der Waals surface area contributed by atoms with E-state index in [1.165, 1.54) is 9.87 Å². The van der Waals surface area contributed by atoms with E-state index in [0.717, 1.165) is 45.2 Å². The van der Waals surface area contributed by atoms with E-state index in [2.05, 4.69) is 22.3 Å². The third-order valence-electron chi connectivity index (χ3n) is 6.29. The summed E-state index contributed by atoms with van der Waals surface area (Å²) in [6, 6.07) is 16.8. The van der Waals surface area contributed by atoms with Crippen molar-refractivity contribution in [2.75, 3.05) is 32.7 Å². The molecular weight excluding hydrogens is 410 g/mol. The molecule has 0 bridgehead atoms. The molecule has 31 heavy (non-hydrogen) atoms. The molecule has 1 N–H and O–H groups in total. The molecular formula is C24H31N3O3S. The van der Waals surface area contributed by atoms with Crippen LogP contribution in [0.4, 0.5) is 0 Å². The lowest BCUT2D eigenvalue weighted by Gasteiger charge is -2.29. The number of carbonyl (C=O) groups excluding carboxylic acids is 1. The van der Waals surface area contributed by atoms with Gasteiger partial charge in [-0.1, -0.05) is 48.9 Å². The number of benzene rings is 2. The topological polar surface area (TPSA) is 69.7 Å². The summed E-state index contributed by atoms with van der Waals surface area (Å²) in [5.41, 5.74) is 1.39. The van der Waals surface area contributed by atoms with Crippen molar-refractivity contribution in [2.24, 2.45) is 0 Å². The van der Waals surface area contributed by atoms with Crippen LogP contribution in [0.3, 0.4) is 0 Å². The van der Waals surface area contributed by atoms with E-state index in [1.54, 1.807) is 24.3 Å². The highest BCUT2D eigenvalue weighted by atomic mass is 32.2. The van der Waals surface area contributed by atoms with Crippen LogP contribution in [0, 0.1) is 0 Å². The smallest absolute Gasteiger partial charge is 0.252 e. The Labute approximate surface area is 185 Å². The summed E-state index contributed by atoms with van der Waals surface area (Å²) < 4.78 is 28.0. The maximum Gasteiger partial charge on any atom is 0.252 e. The predicted octanol–water partition coefficient (Wildman–Crippen LogP) is 3.43. The minimum absolute atomic E-state index is 0.0820. The van der Waals surface area contributed by atoms with Crippen LogP contribution in [-0.4, -0.2) is 56.3 Å². The summed E-state index contributed by atoms with van der Waals surface area (Å²) >= 11 is 0. The fraction of sp³-hybridized carbons (Fsp3) is 0.458. The molecule has 2 aliphatic heterocycles. The van der Waals surface area contributed by atoms with Gasteiger partial charge in [-0.3, -0.25) is 9.69 Å². The molecule has 1 unspecified atom stereocenters. The fourth-order valence-electron chi connectivity index (χ4n) is 4.59. The predicted molar refractivity (Wildman–Crippen MR) is 121 cm³/mol. The van der Waals surface area contributed by atoms with E-state index in [1.807, 2.05) is 18.2 Å². The Hall–Kier alpha value is -2.22. The maximum atomic E-state index is 13.2. The lowest BCUT2D eigenvalue weighted by atomic mass is 10.1. The van der Waals surface area contributed by atoms with Crippen LogP contribution in [0.15, 0.2) is 59.5 Å². The summed E-state index contributed by atoms with van der Waals surface area (Å²) in [5, 5.41) is 3.03. The van der Waals surface area contributed by atoms with Gasteiger partial charge in [0.1, 0.15) is 0 Å². The van der Waals surface area contributed by atoms with E-state index in [-0.39, 0.29) is 22.4 Å². The Morgan fingerprint density at radius 3 is 2.16 bits per heavy atom. The van der Waals surface area contributed by atoms with Gasteiger partial charge in [0.15, 0.2) is 0 Å². The third kappa shape index (κ3) is 5.00. The lowest BCUT2D eigenvalue weighted by Crippen LogP contribution is -2.39. The molecule has 2 aliphatic rings. The molecule has 2 aromatic carbocycles. The van der Waals surface area contributed by atoms with Crippen molar-refractivity contribution in [2.45, 2.75) is 43.0 Å². The highest BCUT2D eigenvalue weighted by Crippen LogP contribution is 2.26. The Balaban J connectivity index is 1.53. The number of amides is 1. The molecule has 2 fully saturated rings. The van der Waals surface area contributed by atoms with Crippen molar-refractivity contribution >= 4 is 15.9 Å². The molecule has 1 atom stereocenters. The van der Waals surface area contributed by atoms with Crippen LogP contribution in [0.5, 0.6) is 0 Å². The quantitative estimate of drug-likeness (QED) is 0.715. The molecule has 166 valence electrons. The Morgan fingerprint density at radius 1 is 0.839 bits per heavy atom. The van der Waals surface area contributed by atoms with Gasteiger partial charge in [-0.2, -0.15) is 4.31 Å². The standard InChI is InChI=1S/C24H31N3O3S/c28-24(25-19-22(26-15-9-10-16-26)20-11-3-1-4-12-20)21-13-5-6-14-23(21)31(29,30)27-17-7-2-8-18-27/h1,3-6,11-14,22H,2,7-10,15-19H2,(H,25,28). The largest absolute Gasteiger partial charge is 0.350 e. The number of rotatable bonds is 7. The Morgan fingerprint density at radius 2 is 1.45 bits per heavy atom. The minimum Gasteiger partial charge on any atom is -0.350 e. The van der Waals surface area contributed by atoms with Gasteiger partial charge in [-0.15, -0.1) is 0 Å². The van der Waals surface area contributed by atoms with Crippen LogP contribution < -0.4 is 5.32 Å². The molecule has 0 saturated carbocycles. The van der Waals surface area contributed by atoms with Crippen LogP contribution in [0.25, 0.3) is 0 Å². The summed E-state index contributed by atoms with van der Waals surface area (Å²) in [5.74, 6) is -0.337. The van der Waals surface area contributed by atoms with E-state index < -0.39 is 10.0 Å². The monoisotopic (exact) mass is 441 g/mol. The summed E-state index contributed by atoms with van der Waals surface area (Å²) in [6.45, 7) is 3.50. The zero-order valence-corrected chi connectivity index (χ0v) is 18.7. The first-order valence-corrected chi connectivity index (χ1v) is 12.7. The lowest BCUT2D eigenvalue weighted by molar-refractivity contribution is 0.0934. The highest BCUT2D eigenvalue weighted by molar-refractivity contribution is 7.89. The number of piperidine rings is 1. The highest BCUT2D eigenvalue weighted by Gasteiger charge is 2.30. The number of sulfonamides is 1. The van der Waals surface area contributed by atoms with Crippen molar-refractivity contribution in [1.82, 2.24) is 14.5 Å². The Bertz CT molecular complexity index is 982. The zero-order chi connectivity index (χ0) is 21.7. The van der Waals surface area contributed by atoms with E-state index >= 15 is 0 Å². The minimum atomic E-state index is -3.68. The second-order valence-electron chi connectivity index (χ2n) is 8.34. The second-order valence-corrected chi connectivity index (χ2v) is 10.2. The molecule has 6 nitrogen and oxygen atoms in total. The van der Waals surface area contributed by atoms with Gasteiger partial charge in [-0.05, 0) is 56.5 Å². The average molecular weight is 442 g/mol. The summed E-state index contributed by atoms with van der Waals surface area (Å²) in [4.78, 5) is 15.6. The molecule has 0 aromatic heterocycles. The number of nitrogens with one attached hydrogen (secondary N) is 1. The van der Waals surface area contributed by atoms with Crippen LogP contribution >= 0.6 is 0 Å². The van der Waals surface area contributed by atoms with Crippen molar-refractivity contribution in [3.63, 3.8) is 0 Å². The second kappa shape index (κ2) is 9.94. The average Bonchev–Trinajstić information content (AvgIpc) is 3.35. The molecule has 0 radical (unpaired) electrons. The molecule has 7 heteroatoms. The van der Waals surface area contributed by atoms with Crippen LogP contribution in [-0.2, 0) is 10.0 Å². The van der Waals surface area contributed by atoms with Crippen molar-refractivity contribution in [3.05, 3.63) is 65.7 Å². The van der Waals surface area contributed by atoms with Gasteiger partial charge in [0.25, 0.3) is 5.91 Å². The number of carbonyl (C=O) groups is 1. The van der Waals surface area contributed by atoms with Gasteiger partial charge >= 0.3 is 0 Å². The third-order valence-corrected chi connectivity index (χ3v) is 8.24. The van der Waals surface area contributed by atoms with Gasteiger partial charge in [0.2, 0.25) is 10.0 Å². The first kappa shape index (κ1) is 22.0. The normalized spacial score (nSPS) is 19.2. The molecule has 1 amide bonds. The molecule has 4 rings (SSSR count). The molecule has 2 heterocycles. The van der Waals surface area contributed by atoms with E-state index in [9.17, 15) is 13.2 Å². The summed E-state index contributed by atoms with van der Waals surface area (Å²) in [6.07, 6.45) is 5.10. The van der Waals surface area contributed by atoms with E-state index in [0.29, 0.717) is 19.6 Å². The van der Waals surface area contributed by atoms with Gasteiger partial charge in [0, 0.05) is 19.6 Å². The fourth-order valence-corrected chi connectivity index (χ4v) is 6.30. The molecule has 0 aliphatic carbocycles. The molecule has 2 saturated heterocycles. The van der Waals surface area contributed by atoms with Crippen LogP contribution in [0.1, 0.15) is 54.1 Å². The van der Waals surface area contributed by atoms with Crippen LogP contribution in [0.2, 0.25) is 0 Å². The van der Waals surface area contributed by atoms with Gasteiger partial charge in [0.05, 0.1) is 16.5 Å². The van der Waals surface area contributed by atoms with Crippen molar-refractivity contribution < 1.29 is 13.2 Å². The number of hydrogen-bond acceptors (Lipinski definition) is 4. The molecule has 0 spiro atoms. The summed E-state index contributed by atoms with van der Waals surface area (Å²) in [7, 11) is -3.68. The Kier molecular flexibility index (Phi) is 7.05. The number of likely N-dealkylation sites (tertiary alicyclic amines) is 1. The number of nitrogens with zero attached hydrogens (tertiary/aromatic N) is 2. The number of hydrogen-bond donors (Lipinski definition) is 1. The van der Waals surface area contributed by atoms with Crippen molar-refractivity contribution in [1.29, 1.82) is 0 Å². The first-order valence-electron chi connectivity index (χ1n) is 11.2. The van der Waals surface area contributed by atoms with Crippen molar-refractivity contribution in [3.8, 4) is 0 Å².